The predicted molar refractivity (Wildman–Crippen MR) is 84.8 cm³/mol. The van der Waals surface area contributed by atoms with E-state index in [9.17, 15) is 4.79 Å². The van der Waals surface area contributed by atoms with E-state index >= 15 is 0 Å². The fourth-order valence-corrected chi connectivity index (χ4v) is 2.81. The maximum absolute atomic E-state index is 12.1. The molecule has 1 aliphatic rings. The third kappa shape index (κ3) is 4.46. The lowest BCUT2D eigenvalue weighted by molar-refractivity contribution is 0.0922. The number of hydrogen-bond acceptors (Lipinski definition) is 3. The van der Waals surface area contributed by atoms with E-state index in [-0.39, 0.29) is 5.91 Å². The first-order valence-corrected chi connectivity index (χ1v) is 7.76. The van der Waals surface area contributed by atoms with Gasteiger partial charge in [-0.25, -0.2) is 0 Å². The molecule has 1 aromatic carbocycles. The van der Waals surface area contributed by atoms with Crippen LogP contribution in [0.1, 0.15) is 37.0 Å². The maximum atomic E-state index is 12.1. The Kier molecular flexibility index (Phi) is 5.62. The summed E-state index contributed by atoms with van der Waals surface area (Å²) < 4.78 is 5.10. The normalized spacial score (nSPS) is 19.5. The summed E-state index contributed by atoms with van der Waals surface area (Å²) in [6.45, 7) is 7.49. The van der Waals surface area contributed by atoms with Crippen LogP contribution in [0, 0.1) is 5.92 Å². The molecule has 0 spiro atoms. The summed E-state index contributed by atoms with van der Waals surface area (Å²) in [5.74, 6) is 1.33. The third-order valence-corrected chi connectivity index (χ3v) is 4.18. The Morgan fingerprint density at radius 3 is 2.71 bits per heavy atom. The number of carbonyl (C=O) groups excluding carboxylic acids is 1. The number of hydrogen-bond donors (Lipinski definition) is 1. The Labute approximate surface area is 127 Å². The molecule has 0 aromatic heterocycles. The number of piperidine rings is 1. The highest BCUT2D eigenvalue weighted by molar-refractivity contribution is 5.94. The van der Waals surface area contributed by atoms with Crippen molar-refractivity contribution in [2.45, 2.75) is 32.7 Å². The summed E-state index contributed by atoms with van der Waals surface area (Å²) in [5.41, 5.74) is 0.687. The Morgan fingerprint density at radius 1 is 1.38 bits per heavy atom. The Hall–Kier alpha value is -1.55. The van der Waals surface area contributed by atoms with Crippen LogP contribution < -0.4 is 10.1 Å². The molecule has 1 saturated heterocycles. The van der Waals surface area contributed by atoms with Crippen molar-refractivity contribution in [2.24, 2.45) is 5.92 Å². The van der Waals surface area contributed by atoms with Crippen molar-refractivity contribution in [1.29, 1.82) is 0 Å². The maximum Gasteiger partial charge on any atom is 0.251 e. The number of rotatable bonds is 5. The number of carbonyl (C=O) groups is 1. The minimum absolute atomic E-state index is 0.000626. The monoisotopic (exact) mass is 290 g/mol. The molecule has 0 saturated carbocycles. The van der Waals surface area contributed by atoms with Gasteiger partial charge in [-0.15, -0.1) is 0 Å². The van der Waals surface area contributed by atoms with Crippen LogP contribution in [0.2, 0.25) is 0 Å². The molecule has 0 aliphatic carbocycles. The molecule has 1 atom stereocenters. The minimum atomic E-state index is -0.000626. The molecule has 21 heavy (non-hydrogen) atoms. The molecule has 1 amide bonds. The smallest absolute Gasteiger partial charge is 0.251 e. The fourth-order valence-electron chi connectivity index (χ4n) is 2.81. The Balaban J connectivity index is 1.82. The first kappa shape index (κ1) is 15.8. The van der Waals surface area contributed by atoms with E-state index in [2.05, 4.69) is 24.1 Å². The number of likely N-dealkylation sites (tertiary alicyclic amines) is 1. The van der Waals surface area contributed by atoms with Crippen LogP contribution in [0.25, 0.3) is 0 Å². The topological polar surface area (TPSA) is 41.6 Å². The highest BCUT2D eigenvalue weighted by Gasteiger charge is 2.22. The number of amides is 1. The first-order valence-electron chi connectivity index (χ1n) is 7.76. The fraction of sp³-hybridized carbons (Fsp3) is 0.588. The number of nitrogens with one attached hydrogen (secondary N) is 1. The van der Waals surface area contributed by atoms with Crippen molar-refractivity contribution in [2.75, 3.05) is 26.7 Å². The number of ether oxygens (including phenoxy) is 1. The average molecular weight is 290 g/mol. The van der Waals surface area contributed by atoms with Gasteiger partial charge < -0.3 is 15.0 Å². The highest BCUT2D eigenvalue weighted by atomic mass is 16.5. The zero-order valence-corrected chi connectivity index (χ0v) is 13.3. The molecule has 1 N–H and O–H groups in total. The van der Waals surface area contributed by atoms with Gasteiger partial charge in [0.05, 0.1) is 7.11 Å². The lowest BCUT2D eigenvalue weighted by Crippen LogP contribution is -2.43. The van der Waals surface area contributed by atoms with Crippen molar-refractivity contribution in [3.05, 3.63) is 29.8 Å². The van der Waals surface area contributed by atoms with E-state index in [0.717, 1.165) is 18.8 Å². The van der Waals surface area contributed by atoms with Crippen molar-refractivity contribution in [1.82, 2.24) is 10.2 Å². The lowest BCUT2D eigenvalue weighted by Gasteiger charge is -2.35. The van der Waals surface area contributed by atoms with E-state index in [0.29, 0.717) is 17.5 Å². The van der Waals surface area contributed by atoms with Crippen LogP contribution in [0.5, 0.6) is 5.75 Å². The van der Waals surface area contributed by atoms with Crippen LogP contribution in [0.15, 0.2) is 24.3 Å². The van der Waals surface area contributed by atoms with Gasteiger partial charge in [-0.1, -0.05) is 0 Å². The molecule has 4 heteroatoms. The third-order valence-electron chi connectivity index (χ3n) is 4.18. The van der Waals surface area contributed by atoms with Gasteiger partial charge >= 0.3 is 0 Å². The summed E-state index contributed by atoms with van der Waals surface area (Å²) >= 11 is 0. The van der Waals surface area contributed by atoms with Gasteiger partial charge in [0.2, 0.25) is 0 Å². The summed E-state index contributed by atoms with van der Waals surface area (Å²) in [4.78, 5) is 14.6. The summed E-state index contributed by atoms with van der Waals surface area (Å²) in [6, 6.07) is 7.82. The van der Waals surface area contributed by atoms with Crippen molar-refractivity contribution >= 4 is 5.91 Å². The summed E-state index contributed by atoms with van der Waals surface area (Å²) in [6.07, 6.45) is 2.42. The largest absolute Gasteiger partial charge is 0.497 e. The second-order valence-corrected chi connectivity index (χ2v) is 6.04. The van der Waals surface area contributed by atoms with Crippen molar-refractivity contribution in [3.8, 4) is 5.75 Å². The molecular weight excluding hydrogens is 264 g/mol. The van der Waals surface area contributed by atoms with E-state index in [1.54, 1.807) is 19.2 Å². The van der Waals surface area contributed by atoms with Gasteiger partial charge in [0.15, 0.2) is 0 Å². The van der Waals surface area contributed by atoms with Gasteiger partial charge in [-0.2, -0.15) is 0 Å². The molecular formula is C17H26N2O2. The molecule has 1 aromatic rings. The molecule has 2 rings (SSSR count). The average Bonchev–Trinajstić information content (AvgIpc) is 2.53. The molecule has 116 valence electrons. The van der Waals surface area contributed by atoms with E-state index in [1.807, 2.05) is 12.1 Å². The highest BCUT2D eigenvalue weighted by Crippen LogP contribution is 2.18. The molecule has 0 unspecified atom stereocenters. The van der Waals surface area contributed by atoms with Crippen LogP contribution in [0.4, 0.5) is 0 Å². The van der Waals surface area contributed by atoms with Crippen molar-refractivity contribution in [3.63, 3.8) is 0 Å². The summed E-state index contributed by atoms with van der Waals surface area (Å²) in [5, 5.41) is 3.06. The second-order valence-electron chi connectivity index (χ2n) is 6.04. The lowest BCUT2D eigenvalue weighted by atomic mass is 9.97. The molecule has 1 aliphatic heterocycles. The van der Waals surface area contributed by atoms with Gasteiger partial charge in [-0.05, 0) is 63.4 Å². The predicted octanol–water partition coefficient (Wildman–Crippen LogP) is 2.55. The standard InChI is InChI=1S/C17H26N2O2/c1-13(2)19-10-4-5-14(12-19)11-18-17(20)15-6-8-16(21-3)9-7-15/h6-9,13-14H,4-5,10-12H2,1-3H3,(H,18,20)/t14-/m1/s1. The van der Waals surface area contributed by atoms with Crippen LogP contribution in [-0.2, 0) is 0 Å². The van der Waals surface area contributed by atoms with E-state index in [1.165, 1.54) is 19.4 Å². The van der Waals surface area contributed by atoms with Crippen LogP contribution in [-0.4, -0.2) is 43.6 Å². The number of nitrogens with zero attached hydrogens (tertiary/aromatic N) is 1. The zero-order chi connectivity index (χ0) is 15.2. The number of benzene rings is 1. The zero-order valence-electron chi connectivity index (χ0n) is 13.3. The van der Waals surface area contributed by atoms with E-state index in [4.69, 9.17) is 4.74 Å². The van der Waals surface area contributed by atoms with Gasteiger partial charge in [0.1, 0.15) is 5.75 Å². The first-order chi connectivity index (χ1) is 10.1. The molecule has 1 fully saturated rings. The van der Waals surface area contributed by atoms with Gasteiger partial charge in [0, 0.05) is 24.7 Å². The molecule has 4 nitrogen and oxygen atoms in total. The summed E-state index contributed by atoms with van der Waals surface area (Å²) in [7, 11) is 1.62. The van der Waals surface area contributed by atoms with Crippen LogP contribution in [0.3, 0.4) is 0 Å². The van der Waals surface area contributed by atoms with Crippen molar-refractivity contribution < 1.29 is 9.53 Å². The van der Waals surface area contributed by atoms with E-state index < -0.39 is 0 Å². The molecule has 0 radical (unpaired) electrons. The Morgan fingerprint density at radius 2 is 2.10 bits per heavy atom. The van der Waals surface area contributed by atoms with Crippen LogP contribution >= 0.6 is 0 Å². The van der Waals surface area contributed by atoms with Gasteiger partial charge in [-0.3, -0.25) is 4.79 Å². The quantitative estimate of drug-likeness (QED) is 0.906. The molecule has 0 bridgehead atoms. The molecule has 1 heterocycles. The van der Waals surface area contributed by atoms with Gasteiger partial charge in [0.25, 0.3) is 5.91 Å². The number of methoxy groups -OCH3 is 1. The Bertz CT molecular complexity index is 456. The second kappa shape index (κ2) is 7.46. The SMILES string of the molecule is COc1ccc(C(=O)NC[C@H]2CCCN(C(C)C)C2)cc1. The minimum Gasteiger partial charge on any atom is -0.497 e.